The lowest BCUT2D eigenvalue weighted by molar-refractivity contribution is -0.143. The van der Waals surface area contributed by atoms with E-state index < -0.39 is 16.1 Å². The van der Waals surface area contributed by atoms with E-state index in [2.05, 4.69) is 30.1 Å². The van der Waals surface area contributed by atoms with E-state index in [-0.39, 0.29) is 39.9 Å². The van der Waals surface area contributed by atoms with Crippen LogP contribution >= 0.6 is 22.9 Å². The number of carbonyl (C=O) groups excluding carboxylic acids is 1. The Balaban J connectivity index is 1.57. The number of sulfonamides is 1. The topological polar surface area (TPSA) is 99.6 Å². The van der Waals surface area contributed by atoms with Crippen LogP contribution in [0.5, 0.6) is 0 Å². The second-order valence-electron chi connectivity index (χ2n) is 10.5. The van der Waals surface area contributed by atoms with Gasteiger partial charge in [-0.1, -0.05) is 38.4 Å². The number of carbonyl (C=O) groups is 1. The zero-order valence-corrected chi connectivity index (χ0v) is 23.5. The van der Waals surface area contributed by atoms with E-state index in [0.29, 0.717) is 16.7 Å². The maximum Gasteiger partial charge on any atom is 0.263 e. The van der Waals surface area contributed by atoms with Gasteiger partial charge in [0.25, 0.3) is 10.0 Å². The second-order valence-corrected chi connectivity index (χ2v) is 13.7. The van der Waals surface area contributed by atoms with Gasteiger partial charge in [-0.3, -0.25) is 9.52 Å². The summed E-state index contributed by atoms with van der Waals surface area (Å²) < 4.78 is 28.4. The number of nitrogens with zero attached hydrogens (tertiary/aromatic N) is 2. The van der Waals surface area contributed by atoms with Gasteiger partial charge in [0, 0.05) is 35.3 Å². The van der Waals surface area contributed by atoms with Crippen molar-refractivity contribution in [2.45, 2.75) is 57.0 Å². The highest BCUT2D eigenvalue weighted by Gasteiger charge is 2.54. The summed E-state index contributed by atoms with van der Waals surface area (Å²) in [4.78, 5) is 20.5. The Kier molecular flexibility index (Phi) is 7.59. The second kappa shape index (κ2) is 10.1. The van der Waals surface area contributed by atoms with Gasteiger partial charge in [-0.15, -0.1) is 17.9 Å². The van der Waals surface area contributed by atoms with Gasteiger partial charge in [0.2, 0.25) is 5.91 Å². The molecule has 0 radical (unpaired) electrons. The molecular formula is C26H34ClN3O4S2. The Morgan fingerprint density at radius 1 is 1.42 bits per heavy atom. The molecule has 6 atom stereocenters. The van der Waals surface area contributed by atoms with Gasteiger partial charge in [0.1, 0.15) is 0 Å². The van der Waals surface area contributed by atoms with Gasteiger partial charge in [-0.25, -0.2) is 13.4 Å². The highest BCUT2D eigenvalue weighted by Crippen LogP contribution is 2.57. The van der Waals surface area contributed by atoms with E-state index in [9.17, 15) is 18.3 Å². The number of thiazole rings is 1. The largest absolute Gasteiger partial charge is 0.392 e. The van der Waals surface area contributed by atoms with Crippen molar-refractivity contribution in [3.63, 3.8) is 0 Å². The molecule has 2 aromatic rings. The van der Waals surface area contributed by atoms with Crippen molar-refractivity contribution >= 4 is 44.0 Å². The summed E-state index contributed by atoms with van der Waals surface area (Å²) in [6, 6.07) is 5.99. The van der Waals surface area contributed by atoms with Crippen molar-refractivity contribution in [3.05, 3.63) is 52.5 Å². The Hall–Kier alpha value is -1.94. The van der Waals surface area contributed by atoms with Crippen LogP contribution in [0, 0.1) is 23.2 Å². The number of halogens is 1. The highest BCUT2D eigenvalue weighted by molar-refractivity contribution is 7.93. The molecule has 0 unspecified atom stereocenters. The molecule has 7 nitrogen and oxygen atoms in total. The smallest absolute Gasteiger partial charge is 0.263 e. The molecule has 0 aliphatic heterocycles. The van der Waals surface area contributed by atoms with E-state index >= 15 is 0 Å². The third-order valence-electron chi connectivity index (χ3n) is 8.08. The van der Waals surface area contributed by atoms with Crippen LogP contribution in [0.25, 0.3) is 0 Å². The molecule has 2 aliphatic rings. The van der Waals surface area contributed by atoms with E-state index in [1.807, 2.05) is 6.92 Å². The van der Waals surface area contributed by atoms with Gasteiger partial charge < -0.3 is 10.0 Å². The number of nitrogens with one attached hydrogen (secondary N) is 1. The van der Waals surface area contributed by atoms with E-state index in [0.717, 1.165) is 29.8 Å². The standard InChI is InChI=1S/C26H34ClN3O4S2/c1-6-13-30(5)24(32)15(2)19-11-12-26(4)14-20-22(16(3)21(26)23(19)31)28-25(35-20)29-36(33,34)18-9-7-17(27)8-10-18/h6-10,15-16,19,21,23,31H,1,11-14H2,2-5H3,(H,28,29)/t15-,16-,19+,21+,23-,26-/m0/s1. The maximum atomic E-state index is 13.0. The average Bonchev–Trinajstić information content (AvgIpc) is 3.19. The van der Waals surface area contributed by atoms with Crippen LogP contribution in [0.2, 0.25) is 5.02 Å². The lowest BCUT2D eigenvalue weighted by atomic mass is 9.53. The fourth-order valence-electron chi connectivity index (χ4n) is 6.19. The zero-order chi connectivity index (χ0) is 26.4. The van der Waals surface area contributed by atoms with Gasteiger partial charge in [0.15, 0.2) is 5.13 Å². The first-order chi connectivity index (χ1) is 16.9. The number of aromatic nitrogens is 1. The molecule has 10 heteroatoms. The third-order valence-corrected chi connectivity index (χ3v) is 10.8. The molecule has 1 heterocycles. The lowest BCUT2D eigenvalue weighted by Gasteiger charge is -2.53. The van der Waals surface area contributed by atoms with Gasteiger partial charge >= 0.3 is 0 Å². The average molecular weight is 552 g/mol. The first-order valence-electron chi connectivity index (χ1n) is 12.2. The molecule has 0 saturated heterocycles. The van der Waals surface area contributed by atoms with E-state index in [1.165, 1.54) is 35.6 Å². The van der Waals surface area contributed by atoms with Crippen LogP contribution in [0.4, 0.5) is 5.13 Å². The van der Waals surface area contributed by atoms with Crippen LogP contribution in [-0.2, 0) is 21.2 Å². The Morgan fingerprint density at radius 3 is 2.72 bits per heavy atom. The van der Waals surface area contributed by atoms with Crippen molar-refractivity contribution in [3.8, 4) is 0 Å². The van der Waals surface area contributed by atoms with Crippen molar-refractivity contribution < 1.29 is 18.3 Å². The van der Waals surface area contributed by atoms with E-state index in [4.69, 9.17) is 11.6 Å². The molecule has 1 fully saturated rings. The molecule has 1 aromatic carbocycles. The quantitative estimate of drug-likeness (QED) is 0.475. The minimum Gasteiger partial charge on any atom is -0.392 e. The molecular weight excluding hydrogens is 518 g/mol. The molecule has 2 aliphatic carbocycles. The number of aliphatic hydroxyl groups is 1. The summed E-state index contributed by atoms with van der Waals surface area (Å²) in [5.74, 6) is -0.589. The number of benzene rings is 1. The number of rotatable bonds is 7. The predicted octanol–water partition coefficient (Wildman–Crippen LogP) is 4.93. The molecule has 196 valence electrons. The minimum atomic E-state index is -3.80. The summed E-state index contributed by atoms with van der Waals surface area (Å²) in [6.07, 6.45) is 3.42. The minimum absolute atomic E-state index is 0.0132. The molecule has 1 saturated carbocycles. The summed E-state index contributed by atoms with van der Waals surface area (Å²) in [5.41, 5.74) is 0.676. The Bertz CT molecular complexity index is 1250. The molecule has 1 aromatic heterocycles. The lowest BCUT2D eigenvalue weighted by Crippen LogP contribution is -2.53. The molecule has 0 spiro atoms. The number of amides is 1. The molecule has 36 heavy (non-hydrogen) atoms. The van der Waals surface area contributed by atoms with Crippen molar-refractivity contribution in [2.75, 3.05) is 18.3 Å². The zero-order valence-electron chi connectivity index (χ0n) is 21.1. The fraction of sp³-hybridized carbons (Fsp3) is 0.538. The van der Waals surface area contributed by atoms with Crippen LogP contribution in [0.1, 0.15) is 50.1 Å². The number of fused-ring (bicyclic) bond motifs is 2. The number of hydrogen-bond donors (Lipinski definition) is 2. The first-order valence-corrected chi connectivity index (χ1v) is 14.9. The van der Waals surface area contributed by atoms with Crippen molar-refractivity contribution in [1.29, 1.82) is 0 Å². The van der Waals surface area contributed by atoms with Gasteiger partial charge in [-0.2, -0.15) is 0 Å². The SMILES string of the molecule is C=CCN(C)C(=O)[C@@H](C)[C@H]1CC[C@@]2(C)Cc3sc(NS(=O)(=O)c4ccc(Cl)cc4)nc3[C@@H](C)[C@@H]2[C@H]1O. The summed E-state index contributed by atoms with van der Waals surface area (Å²) >= 11 is 7.26. The number of anilines is 1. The summed E-state index contributed by atoms with van der Waals surface area (Å²) in [7, 11) is -2.04. The normalized spacial score (nSPS) is 28.5. The number of aliphatic hydroxyl groups excluding tert-OH is 1. The Labute approximate surface area is 222 Å². The van der Waals surface area contributed by atoms with Crippen LogP contribution in [0.15, 0.2) is 41.8 Å². The third kappa shape index (κ3) is 4.95. The van der Waals surface area contributed by atoms with Crippen LogP contribution < -0.4 is 4.72 Å². The summed E-state index contributed by atoms with van der Waals surface area (Å²) in [6.45, 7) is 10.3. The van der Waals surface area contributed by atoms with Crippen molar-refractivity contribution in [2.24, 2.45) is 23.2 Å². The Morgan fingerprint density at radius 2 is 2.08 bits per heavy atom. The predicted molar refractivity (Wildman–Crippen MR) is 144 cm³/mol. The molecule has 2 N–H and O–H groups in total. The molecule has 1 amide bonds. The van der Waals surface area contributed by atoms with Crippen LogP contribution in [0.3, 0.4) is 0 Å². The van der Waals surface area contributed by atoms with Crippen molar-refractivity contribution in [1.82, 2.24) is 9.88 Å². The van der Waals surface area contributed by atoms with Crippen LogP contribution in [-0.4, -0.2) is 49.0 Å². The monoisotopic (exact) mass is 551 g/mol. The highest BCUT2D eigenvalue weighted by atomic mass is 35.5. The number of likely N-dealkylation sites (N-methyl/N-ethyl adjacent to an activating group) is 1. The number of hydrogen-bond acceptors (Lipinski definition) is 6. The van der Waals surface area contributed by atoms with Gasteiger partial charge in [-0.05, 0) is 60.8 Å². The fourth-order valence-corrected chi connectivity index (χ4v) is 8.82. The first kappa shape index (κ1) is 27.1. The van der Waals surface area contributed by atoms with Gasteiger partial charge in [0.05, 0.1) is 16.7 Å². The molecule has 0 bridgehead atoms. The molecule has 4 rings (SSSR count). The summed E-state index contributed by atoms with van der Waals surface area (Å²) in [5, 5.41) is 12.4. The van der Waals surface area contributed by atoms with E-state index in [1.54, 1.807) is 18.0 Å². The maximum absolute atomic E-state index is 13.0.